The molecule has 0 saturated heterocycles. The second-order valence-electron chi connectivity index (χ2n) is 6.98. The third-order valence-corrected chi connectivity index (χ3v) is 5.00. The molecule has 4 rings (SSSR count). The van der Waals surface area contributed by atoms with E-state index in [4.69, 9.17) is 23.8 Å². The van der Waals surface area contributed by atoms with Crippen molar-refractivity contribution in [3.05, 3.63) is 76.6 Å². The summed E-state index contributed by atoms with van der Waals surface area (Å²) in [6, 6.07) is 4.30. The van der Waals surface area contributed by atoms with E-state index in [1.165, 1.54) is 24.5 Å². The number of pyridine rings is 2. The molecule has 0 fully saturated rings. The third kappa shape index (κ3) is 4.75. The van der Waals surface area contributed by atoms with Gasteiger partial charge in [-0.15, -0.1) is 11.2 Å². The van der Waals surface area contributed by atoms with Crippen LogP contribution in [0.25, 0.3) is 17.1 Å². The number of nitrogens with two attached hydrogens (primary N) is 1. The zero-order chi connectivity index (χ0) is 25.3. The van der Waals surface area contributed by atoms with Crippen molar-refractivity contribution in [3.8, 4) is 29.4 Å². The fourth-order valence-corrected chi connectivity index (χ4v) is 3.41. The molecule has 0 atom stereocenters. The monoisotopic (exact) mass is 501 g/mol. The predicted octanol–water partition coefficient (Wildman–Crippen LogP) is 4.35. The molecule has 0 aliphatic rings. The van der Waals surface area contributed by atoms with Crippen LogP contribution in [0.15, 0.2) is 49.1 Å². The van der Waals surface area contributed by atoms with Crippen molar-refractivity contribution in [2.45, 2.75) is 6.18 Å². The molecular formula is C22H12ClF4N7O. The molecule has 1 amide bonds. The first kappa shape index (κ1) is 23.7. The van der Waals surface area contributed by atoms with Crippen LogP contribution in [0.5, 0.6) is 0 Å². The molecule has 3 N–H and O–H groups in total. The number of alkyl halides is 3. The molecule has 35 heavy (non-hydrogen) atoms. The van der Waals surface area contributed by atoms with E-state index >= 15 is 0 Å². The number of nitrogens with one attached hydrogen (secondary N) is 1. The molecule has 3 aromatic heterocycles. The summed E-state index contributed by atoms with van der Waals surface area (Å²) in [5, 5.41) is 9.54. The normalized spacial score (nSPS) is 11.2. The number of hydrogen-bond donors (Lipinski definition) is 2. The topological polar surface area (TPSA) is 112 Å². The van der Waals surface area contributed by atoms with Crippen LogP contribution in [-0.2, 0) is 6.18 Å². The van der Waals surface area contributed by atoms with Crippen molar-refractivity contribution in [2.75, 3.05) is 11.1 Å². The number of carbonyl (C=O) groups is 1. The van der Waals surface area contributed by atoms with E-state index in [2.05, 4.69) is 31.4 Å². The van der Waals surface area contributed by atoms with Crippen molar-refractivity contribution >= 4 is 28.9 Å². The van der Waals surface area contributed by atoms with E-state index in [9.17, 15) is 22.4 Å². The molecule has 0 saturated carbocycles. The van der Waals surface area contributed by atoms with Gasteiger partial charge in [-0.25, -0.2) is 9.37 Å². The summed E-state index contributed by atoms with van der Waals surface area (Å²) in [6.45, 7) is 0. The lowest BCUT2D eigenvalue weighted by molar-refractivity contribution is -0.137. The summed E-state index contributed by atoms with van der Waals surface area (Å²) >= 11 is 6.26. The Morgan fingerprint density at radius 2 is 1.83 bits per heavy atom. The minimum Gasteiger partial charge on any atom is -0.397 e. The van der Waals surface area contributed by atoms with Crippen LogP contribution < -0.4 is 11.1 Å². The number of halogens is 5. The van der Waals surface area contributed by atoms with Crippen LogP contribution in [0.3, 0.4) is 0 Å². The van der Waals surface area contributed by atoms with Crippen LogP contribution in [0.2, 0.25) is 5.02 Å². The summed E-state index contributed by atoms with van der Waals surface area (Å²) in [5.74, 6) is 0.296. The number of nitrogen functional groups attached to an aromatic ring is 1. The first-order chi connectivity index (χ1) is 16.6. The zero-order valence-corrected chi connectivity index (χ0v) is 18.1. The van der Waals surface area contributed by atoms with Gasteiger partial charge in [-0.3, -0.25) is 9.78 Å². The molecule has 0 aliphatic heterocycles. The van der Waals surface area contributed by atoms with Gasteiger partial charge in [0.05, 0.1) is 52.4 Å². The standard InChI is InChI=1S/C22H12ClF4N7O/c1-2-11-5-15(17(23)8-14(11)19-18(28)6-12(24)9-29-19)21(35)33-13-7-16(22(25,26)27)20(30-10-13)34-31-3-4-32-34/h1,3-10H,28H2,(H,33,35). The van der Waals surface area contributed by atoms with Gasteiger partial charge >= 0.3 is 6.18 Å². The first-order valence-electron chi connectivity index (χ1n) is 9.55. The van der Waals surface area contributed by atoms with Crippen LogP contribution in [0.1, 0.15) is 21.5 Å². The van der Waals surface area contributed by atoms with Crippen molar-refractivity contribution in [1.29, 1.82) is 0 Å². The molecule has 3 heterocycles. The number of hydrogen-bond acceptors (Lipinski definition) is 6. The number of amides is 1. The van der Waals surface area contributed by atoms with Crippen molar-refractivity contribution < 1.29 is 22.4 Å². The average molecular weight is 502 g/mol. The predicted molar refractivity (Wildman–Crippen MR) is 119 cm³/mol. The van der Waals surface area contributed by atoms with Crippen LogP contribution in [-0.4, -0.2) is 30.9 Å². The van der Waals surface area contributed by atoms with Crippen LogP contribution in [0, 0.1) is 18.2 Å². The van der Waals surface area contributed by atoms with Crippen molar-refractivity contribution in [1.82, 2.24) is 25.0 Å². The Morgan fingerprint density at radius 1 is 1.11 bits per heavy atom. The number of benzene rings is 1. The minimum absolute atomic E-state index is 0.00714. The summed E-state index contributed by atoms with van der Waals surface area (Å²) in [4.78, 5) is 21.2. The molecule has 13 heteroatoms. The second kappa shape index (κ2) is 9.03. The van der Waals surface area contributed by atoms with Crippen LogP contribution >= 0.6 is 11.6 Å². The molecule has 8 nitrogen and oxygen atoms in total. The summed E-state index contributed by atoms with van der Waals surface area (Å²) in [7, 11) is 0. The summed E-state index contributed by atoms with van der Waals surface area (Å²) in [6.07, 6.45) is 5.09. The molecule has 0 radical (unpaired) electrons. The van der Waals surface area contributed by atoms with Gasteiger partial charge < -0.3 is 11.1 Å². The highest BCUT2D eigenvalue weighted by Crippen LogP contribution is 2.35. The van der Waals surface area contributed by atoms with Gasteiger partial charge in [0.1, 0.15) is 11.4 Å². The molecule has 1 aromatic carbocycles. The number of terminal acetylenes is 1. The largest absolute Gasteiger partial charge is 0.420 e. The number of rotatable bonds is 4. The lowest BCUT2D eigenvalue weighted by atomic mass is 9.99. The van der Waals surface area contributed by atoms with Crippen molar-refractivity contribution in [3.63, 3.8) is 0 Å². The summed E-state index contributed by atoms with van der Waals surface area (Å²) < 4.78 is 54.2. The Morgan fingerprint density at radius 3 is 2.46 bits per heavy atom. The maximum Gasteiger partial charge on any atom is 0.420 e. The Labute approximate surface area is 199 Å². The van der Waals surface area contributed by atoms with Gasteiger partial charge in [0, 0.05) is 17.2 Å². The Balaban J connectivity index is 1.70. The van der Waals surface area contributed by atoms with E-state index in [1.807, 2.05) is 0 Å². The zero-order valence-electron chi connectivity index (χ0n) is 17.3. The number of nitrogens with zero attached hydrogens (tertiary/aromatic N) is 5. The Hall–Kier alpha value is -4.50. The summed E-state index contributed by atoms with van der Waals surface area (Å²) in [5.41, 5.74) is 4.82. The molecule has 0 spiro atoms. The van der Waals surface area contributed by atoms with Gasteiger partial charge in [-0.1, -0.05) is 17.5 Å². The number of carbonyl (C=O) groups excluding carboxylic acids is 1. The Bertz CT molecular complexity index is 1480. The lowest BCUT2D eigenvalue weighted by Gasteiger charge is -2.14. The minimum atomic E-state index is -4.81. The fraction of sp³-hybridized carbons (Fsp3) is 0.0455. The van der Waals surface area contributed by atoms with Gasteiger partial charge in [0.15, 0.2) is 5.82 Å². The van der Waals surface area contributed by atoms with Gasteiger partial charge in [-0.05, 0) is 18.2 Å². The highest BCUT2D eigenvalue weighted by atomic mass is 35.5. The lowest BCUT2D eigenvalue weighted by Crippen LogP contribution is -2.17. The molecule has 0 aliphatic carbocycles. The average Bonchev–Trinajstić information content (AvgIpc) is 3.33. The van der Waals surface area contributed by atoms with E-state index in [1.54, 1.807) is 0 Å². The number of aromatic nitrogens is 5. The van der Waals surface area contributed by atoms with E-state index < -0.39 is 29.3 Å². The molecule has 176 valence electrons. The van der Waals surface area contributed by atoms with Gasteiger partial charge in [0.2, 0.25) is 0 Å². The quantitative estimate of drug-likeness (QED) is 0.318. The third-order valence-electron chi connectivity index (χ3n) is 4.68. The number of anilines is 2. The van der Waals surface area contributed by atoms with Crippen molar-refractivity contribution in [2.24, 2.45) is 0 Å². The highest BCUT2D eigenvalue weighted by Gasteiger charge is 2.36. The van der Waals surface area contributed by atoms with Crippen LogP contribution in [0.4, 0.5) is 28.9 Å². The maximum atomic E-state index is 13.6. The Kier molecular flexibility index (Phi) is 6.10. The first-order valence-corrected chi connectivity index (χ1v) is 9.93. The van der Waals surface area contributed by atoms with Gasteiger partial charge in [0.25, 0.3) is 5.91 Å². The smallest absolute Gasteiger partial charge is 0.397 e. The molecule has 0 unspecified atom stereocenters. The second-order valence-corrected chi connectivity index (χ2v) is 7.39. The van der Waals surface area contributed by atoms with Gasteiger partial charge in [-0.2, -0.15) is 23.4 Å². The SMILES string of the molecule is C#Cc1cc(C(=O)Nc2cnc(-n3nccn3)c(C(F)(F)F)c2)c(Cl)cc1-c1ncc(F)cc1N. The molecule has 4 aromatic rings. The highest BCUT2D eigenvalue weighted by molar-refractivity contribution is 6.35. The van der Waals surface area contributed by atoms with E-state index in [0.29, 0.717) is 10.9 Å². The van der Waals surface area contributed by atoms with E-state index in [0.717, 1.165) is 18.5 Å². The molecular weight excluding hydrogens is 490 g/mol. The fourth-order valence-electron chi connectivity index (χ4n) is 3.16. The maximum absolute atomic E-state index is 13.6. The molecule has 0 bridgehead atoms. The van der Waals surface area contributed by atoms with E-state index in [-0.39, 0.29) is 38.8 Å².